The standard InChI is InChI=1S/C14H12N2O/c1-10-13(8-15)14(9-17)11(2)16(10)12-6-4-3-5-7-12/h3-7,9H,1-2H3. The molecule has 3 nitrogen and oxygen atoms in total. The third-order valence-electron chi connectivity index (χ3n) is 2.94. The third kappa shape index (κ3) is 1.64. The average molecular weight is 224 g/mol. The van der Waals surface area contributed by atoms with Gasteiger partial charge in [0.05, 0.1) is 11.1 Å². The summed E-state index contributed by atoms with van der Waals surface area (Å²) in [7, 11) is 0. The van der Waals surface area contributed by atoms with Gasteiger partial charge < -0.3 is 4.57 Å². The number of para-hydroxylation sites is 1. The van der Waals surface area contributed by atoms with E-state index in [1.165, 1.54) is 0 Å². The van der Waals surface area contributed by atoms with Crippen LogP contribution in [-0.2, 0) is 0 Å². The lowest BCUT2D eigenvalue weighted by molar-refractivity contribution is 0.112. The maximum atomic E-state index is 11.0. The van der Waals surface area contributed by atoms with E-state index in [0.29, 0.717) is 11.1 Å². The van der Waals surface area contributed by atoms with Crippen LogP contribution in [0.15, 0.2) is 30.3 Å². The molecule has 0 aliphatic carbocycles. The van der Waals surface area contributed by atoms with Crippen LogP contribution in [0.5, 0.6) is 0 Å². The van der Waals surface area contributed by atoms with E-state index in [4.69, 9.17) is 5.26 Å². The van der Waals surface area contributed by atoms with E-state index in [-0.39, 0.29) is 0 Å². The zero-order valence-corrected chi connectivity index (χ0v) is 9.77. The number of aromatic nitrogens is 1. The number of nitrogens with zero attached hydrogens (tertiary/aromatic N) is 2. The number of hydrogen-bond acceptors (Lipinski definition) is 2. The lowest BCUT2D eigenvalue weighted by Gasteiger charge is -2.08. The van der Waals surface area contributed by atoms with Crippen molar-refractivity contribution in [3.05, 3.63) is 52.8 Å². The molecule has 0 saturated heterocycles. The van der Waals surface area contributed by atoms with Crippen molar-refractivity contribution in [2.24, 2.45) is 0 Å². The highest BCUT2D eigenvalue weighted by molar-refractivity contribution is 5.82. The fraction of sp³-hybridized carbons (Fsp3) is 0.143. The predicted octanol–water partition coefficient (Wildman–Crippen LogP) is 2.78. The van der Waals surface area contributed by atoms with Crippen LogP contribution < -0.4 is 0 Å². The summed E-state index contributed by atoms with van der Waals surface area (Å²) >= 11 is 0. The number of aldehydes is 1. The first-order chi connectivity index (χ1) is 8.20. The van der Waals surface area contributed by atoms with Crippen LogP contribution in [0.1, 0.15) is 27.3 Å². The lowest BCUT2D eigenvalue weighted by atomic mass is 10.1. The first-order valence-electron chi connectivity index (χ1n) is 5.33. The molecule has 0 saturated carbocycles. The maximum Gasteiger partial charge on any atom is 0.153 e. The monoisotopic (exact) mass is 224 g/mol. The summed E-state index contributed by atoms with van der Waals surface area (Å²) in [5.74, 6) is 0. The second-order valence-corrected chi connectivity index (χ2v) is 3.86. The van der Waals surface area contributed by atoms with Gasteiger partial charge in [0.25, 0.3) is 0 Å². The first kappa shape index (κ1) is 11.2. The molecule has 0 unspecified atom stereocenters. The highest BCUT2D eigenvalue weighted by Crippen LogP contribution is 2.24. The number of benzene rings is 1. The summed E-state index contributed by atoms with van der Waals surface area (Å²) in [6.07, 6.45) is 0.750. The Labute approximate surface area is 99.9 Å². The van der Waals surface area contributed by atoms with E-state index in [1.807, 2.05) is 48.7 Å². The predicted molar refractivity (Wildman–Crippen MR) is 65.3 cm³/mol. The van der Waals surface area contributed by atoms with Crippen molar-refractivity contribution in [1.29, 1.82) is 5.26 Å². The lowest BCUT2D eigenvalue weighted by Crippen LogP contribution is -1.99. The smallest absolute Gasteiger partial charge is 0.153 e. The van der Waals surface area contributed by atoms with Gasteiger partial charge in [-0.15, -0.1) is 0 Å². The van der Waals surface area contributed by atoms with Crippen LogP contribution in [0, 0.1) is 25.2 Å². The Kier molecular flexibility index (Phi) is 2.80. The normalized spacial score (nSPS) is 9.94. The Morgan fingerprint density at radius 2 is 1.82 bits per heavy atom. The molecule has 0 spiro atoms. The van der Waals surface area contributed by atoms with Crippen LogP contribution in [-0.4, -0.2) is 10.9 Å². The topological polar surface area (TPSA) is 45.8 Å². The molecular weight excluding hydrogens is 212 g/mol. The van der Waals surface area contributed by atoms with Gasteiger partial charge >= 0.3 is 0 Å². The molecule has 0 atom stereocenters. The highest BCUT2D eigenvalue weighted by Gasteiger charge is 2.17. The van der Waals surface area contributed by atoms with E-state index in [2.05, 4.69) is 6.07 Å². The number of carbonyl (C=O) groups is 1. The van der Waals surface area contributed by atoms with Gasteiger partial charge in [0, 0.05) is 17.1 Å². The summed E-state index contributed by atoms with van der Waals surface area (Å²) in [6, 6.07) is 11.8. The molecular formula is C14H12N2O. The van der Waals surface area contributed by atoms with Crippen LogP contribution in [0.2, 0.25) is 0 Å². The van der Waals surface area contributed by atoms with Gasteiger partial charge in [-0.3, -0.25) is 4.79 Å². The van der Waals surface area contributed by atoms with E-state index in [9.17, 15) is 4.79 Å². The van der Waals surface area contributed by atoms with Gasteiger partial charge in [-0.25, -0.2) is 0 Å². The summed E-state index contributed by atoms with van der Waals surface area (Å²) in [5.41, 5.74) is 3.51. The average Bonchev–Trinajstić information content (AvgIpc) is 2.60. The van der Waals surface area contributed by atoms with E-state index < -0.39 is 0 Å². The molecule has 0 aliphatic rings. The molecule has 0 N–H and O–H groups in total. The molecule has 1 heterocycles. The summed E-state index contributed by atoms with van der Waals surface area (Å²) in [4.78, 5) is 11.0. The van der Waals surface area contributed by atoms with Crippen molar-refractivity contribution >= 4 is 6.29 Å². The molecule has 0 bridgehead atoms. The Morgan fingerprint density at radius 1 is 1.18 bits per heavy atom. The molecule has 2 rings (SSSR count). The van der Waals surface area contributed by atoms with Crippen LogP contribution in [0.4, 0.5) is 0 Å². The molecule has 0 amide bonds. The second kappa shape index (κ2) is 4.26. The Morgan fingerprint density at radius 3 is 2.29 bits per heavy atom. The Hall–Kier alpha value is -2.34. The summed E-state index contributed by atoms with van der Waals surface area (Å²) in [5, 5.41) is 9.09. The molecule has 17 heavy (non-hydrogen) atoms. The van der Waals surface area contributed by atoms with Gasteiger partial charge in [-0.05, 0) is 26.0 Å². The molecule has 1 aromatic heterocycles. The SMILES string of the molecule is Cc1c(C#N)c(C=O)c(C)n1-c1ccccc1. The van der Waals surface area contributed by atoms with Crippen LogP contribution in [0.3, 0.4) is 0 Å². The van der Waals surface area contributed by atoms with Crippen LogP contribution >= 0.6 is 0 Å². The molecule has 0 fully saturated rings. The second-order valence-electron chi connectivity index (χ2n) is 3.86. The fourth-order valence-corrected chi connectivity index (χ4v) is 2.11. The Balaban J connectivity index is 2.77. The van der Waals surface area contributed by atoms with Crippen molar-refractivity contribution in [3.8, 4) is 11.8 Å². The summed E-state index contributed by atoms with van der Waals surface area (Å²) < 4.78 is 1.93. The minimum atomic E-state index is 0.460. The van der Waals surface area contributed by atoms with Gasteiger partial charge in [0.15, 0.2) is 6.29 Å². The van der Waals surface area contributed by atoms with Gasteiger partial charge in [0.1, 0.15) is 6.07 Å². The van der Waals surface area contributed by atoms with Crippen molar-refractivity contribution in [2.75, 3.05) is 0 Å². The highest BCUT2D eigenvalue weighted by atomic mass is 16.1. The number of nitriles is 1. The summed E-state index contributed by atoms with van der Waals surface area (Å²) in [6.45, 7) is 3.70. The molecule has 0 aliphatic heterocycles. The molecule has 3 heteroatoms. The molecule has 1 aromatic carbocycles. The maximum absolute atomic E-state index is 11.0. The molecule has 2 aromatic rings. The van der Waals surface area contributed by atoms with Crippen molar-refractivity contribution in [1.82, 2.24) is 4.57 Å². The van der Waals surface area contributed by atoms with Gasteiger partial charge in [0.2, 0.25) is 0 Å². The van der Waals surface area contributed by atoms with E-state index in [1.54, 1.807) is 0 Å². The number of hydrogen-bond donors (Lipinski definition) is 0. The number of carbonyl (C=O) groups excluding carboxylic acids is 1. The molecule has 0 radical (unpaired) electrons. The van der Waals surface area contributed by atoms with Crippen LogP contribution in [0.25, 0.3) is 5.69 Å². The third-order valence-corrected chi connectivity index (χ3v) is 2.94. The van der Waals surface area contributed by atoms with Gasteiger partial charge in [-0.2, -0.15) is 5.26 Å². The Bertz CT molecular complexity index is 603. The van der Waals surface area contributed by atoms with E-state index >= 15 is 0 Å². The van der Waals surface area contributed by atoms with Crippen molar-refractivity contribution < 1.29 is 4.79 Å². The van der Waals surface area contributed by atoms with Crippen molar-refractivity contribution in [3.63, 3.8) is 0 Å². The zero-order valence-electron chi connectivity index (χ0n) is 9.77. The zero-order chi connectivity index (χ0) is 12.4. The quantitative estimate of drug-likeness (QED) is 0.736. The minimum Gasteiger partial charge on any atom is -0.316 e. The molecule has 84 valence electrons. The largest absolute Gasteiger partial charge is 0.316 e. The fourth-order valence-electron chi connectivity index (χ4n) is 2.11. The first-order valence-corrected chi connectivity index (χ1v) is 5.33. The van der Waals surface area contributed by atoms with Crippen molar-refractivity contribution in [2.45, 2.75) is 13.8 Å². The van der Waals surface area contributed by atoms with Gasteiger partial charge in [-0.1, -0.05) is 18.2 Å². The van der Waals surface area contributed by atoms with E-state index in [0.717, 1.165) is 23.4 Å². The minimum absolute atomic E-state index is 0.460. The number of rotatable bonds is 2.